The van der Waals surface area contributed by atoms with E-state index in [1.807, 2.05) is 24.3 Å². The lowest BCUT2D eigenvalue weighted by Crippen LogP contribution is -2.48. The third-order valence-corrected chi connectivity index (χ3v) is 5.18. The summed E-state index contributed by atoms with van der Waals surface area (Å²) >= 11 is 3.44. The Bertz CT molecular complexity index is 1030. The van der Waals surface area contributed by atoms with E-state index in [1.54, 1.807) is 6.20 Å². The van der Waals surface area contributed by atoms with E-state index >= 15 is 0 Å². The average molecular weight is 425 g/mol. The number of carbonyl (C=O) groups excluding carboxylic acids is 1. The minimum atomic E-state index is -0.183. The number of halogens is 1. The molecule has 0 radical (unpaired) electrons. The maximum absolute atomic E-state index is 12.2. The third kappa shape index (κ3) is 3.64. The molecule has 0 bridgehead atoms. The number of fused-ring (bicyclic) bond motifs is 1. The summed E-state index contributed by atoms with van der Waals surface area (Å²) in [5.41, 5.74) is 1.77. The number of amides is 1. The van der Waals surface area contributed by atoms with Gasteiger partial charge in [-0.25, -0.2) is 9.97 Å². The Morgan fingerprint density at radius 3 is 3.07 bits per heavy atom. The average Bonchev–Trinajstić information content (AvgIpc) is 3.22. The van der Waals surface area contributed by atoms with Crippen LogP contribution in [-0.4, -0.2) is 40.0 Å². The summed E-state index contributed by atoms with van der Waals surface area (Å²) in [6, 6.07) is 9.84. The van der Waals surface area contributed by atoms with Crippen molar-refractivity contribution in [3.05, 3.63) is 52.5 Å². The molecule has 1 aliphatic heterocycles. The summed E-state index contributed by atoms with van der Waals surface area (Å²) in [5, 5.41) is 13.4. The third-order valence-electron chi connectivity index (χ3n) is 4.69. The molecule has 8 heteroatoms. The highest BCUT2D eigenvalue weighted by molar-refractivity contribution is 9.10. The summed E-state index contributed by atoms with van der Waals surface area (Å²) in [6.07, 6.45) is 4.91. The van der Waals surface area contributed by atoms with Crippen LogP contribution in [0.15, 0.2) is 41.3 Å². The van der Waals surface area contributed by atoms with Crippen LogP contribution in [0, 0.1) is 11.3 Å². The second kappa shape index (κ2) is 7.37. The molecular weight excluding hydrogens is 408 g/mol. The predicted molar refractivity (Wildman–Crippen MR) is 105 cm³/mol. The Morgan fingerprint density at radius 2 is 2.30 bits per heavy atom. The monoisotopic (exact) mass is 424 g/mol. The number of benzene rings is 1. The van der Waals surface area contributed by atoms with Crippen LogP contribution in [0.5, 0.6) is 0 Å². The topological polar surface area (TPSA) is 97.7 Å². The van der Waals surface area contributed by atoms with Crippen molar-refractivity contribution in [2.75, 3.05) is 18.0 Å². The van der Waals surface area contributed by atoms with Crippen molar-refractivity contribution in [3.8, 4) is 6.07 Å². The molecule has 1 saturated heterocycles. The van der Waals surface area contributed by atoms with Gasteiger partial charge < -0.3 is 15.2 Å². The number of hydrogen-bond donors (Lipinski definition) is 2. The van der Waals surface area contributed by atoms with Crippen molar-refractivity contribution in [2.45, 2.75) is 18.9 Å². The van der Waals surface area contributed by atoms with Crippen LogP contribution in [0.3, 0.4) is 0 Å². The van der Waals surface area contributed by atoms with E-state index < -0.39 is 0 Å². The molecule has 2 aromatic heterocycles. The Labute approximate surface area is 164 Å². The van der Waals surface area contributed by atoms with E-state index in [9.17, 15) is 10.1 Å². The number of aromatic nitrogens is 3. The lowest BCUT2D eigenvalue weighted by molar-refractivity contribution is 0.0928. The summed E-state index contributed by atoms with van der Waals surface area (Å²) < 4.78 is 0.917. The number of aromatic amines is 1. The first-order chi connectivity index (χ1) is 13.1. The predicted octanol–water partition coefficient (Wildman–Crippen LogP) is 2.99. The highest BCUT2D eigenvalue weighted by Gasteiger charge is 2.24. The lowest BCUT2D eigenvalue weighted by Gasteiger charge is -2.34. The summed E-state index contributed by atoms with van der Waals surface area (Å²) in [6.45, 7) is 1.49. The zero-order valence-electron chi connectivity index (χ0n) is 14.4. The van der Waals surface area contributed by atoms with Gasteiger partial charge in [0.15, 0.2) is 0 Å². The molecule has 3 aromatic rings. The molecule has 136 valence electrons. The standard InChI is InChI=1S/C19H17BrN6O/c20-13-3-4-16-15(7-13)12(8-21)6-18(25-16)26-5-1-2-14(10-26)24-19(27)17-9-22-11-23-17/h3-4,6-7,9,11,14H,1-2,5,10H2,(H,22,23)(H,24,27)/t14-/m0/s1. The molecule has 1 aliphatic rings. The van der Waals surface area contributed by atoms with E-state index in [0.29, 0.717) is 17.8 Å². The number of nitriles is 1. The number of nitrogens with one attached hydrogen (secondary N) is 2. The van der Waals surface area contributed by atoms with Gasteiger partial charge in [-0.05, 0) is 37.1 Å². The molecule has 1 amide bonds. The van der Waals surface area contributed by atoms with Gasteiger partial charge in [-0.1, -0.05) is 15.9 Å². The largest absolute Gasteiger partial charge is 0.355 e. The van der Waals surface area contributed by atoms with Crippen LogP contribution >= 0.6 is 15.9 Å². The van der Waals surface area contributed by atoms with E-state index in [2.05, 4.69) is 42.2 Å². The van der Waals surface area contributed by atoms with Crippen LogP contribution < -0.4 is 10.2 Å². The van der Waals surface area contributed by atoms with Gasteiger partial charge in [0.2, 0.25) is 0 Å². The van der Waals surface area contributed by atoms with E-state index in [-0.39, 0.29) is 11.9 Å². The van der Waals surface area contributed by atoms with Crippen LogP contribution in [0.1, 0.15) is 28.9 Å². The number of rotatable bonds is 3. The Morgan fingerprint density at radius 1 is 1.41 bits per heavy atom. The first kappa shape index (κ1) is 17.5. The Kier molecular flexibility index (Phi) is 4.77. The van der Waals surface area contributed by atoms with Gasteiger partial charge >= 0.3 is 0 Å². The molecule has 0 saturated carbocycles. The fourth-order valence-corrected chi connectivity index (χ4v) is 3.75. The van der Waals surface area contributed by atoms with Crippen LogP contribution in [-0.2, 0) is 0 Å². The maximum Gasteiger partial charge on any atom is 0.271 e. The van der Waals surface area contributed by atoms with Crippen LogP contribution in [0.2, 0.25) is 0 Å². The molecule has 0 unspecified atom stereocenters. The number of hydrogen-bond acceptors (Lipinski definition) is 5. The summed E-state index contributed by atoms with van der Waals surface area (Å²) in [5.74, 6) is 0.581. The number of H-pyrrole nitrogens is 1. The number of piperidine rings is 1. The summed E-state index contributed by atoms with van der Waals surface area (Å²) in [4.78, 5) is 25.9. The smallest absolute Gasteiger partial charge is 0.271 e. The fourth-order valence-electron chi connectivity index (χ4n) is 3.39. The Hall–Kier alpha value is -2.92. The minimum Gasteiger partial charge on any atom is -0.355 e. The molecule has 3 heterocycles. The first-order valence-corrected chi connectivity index (χ1v) is 9.48. The van der Waals surface area contributed by atoms with Crippen molar-refractivity contribution >= 4 is 38.6 Å². The van der Waals surface area contributed by atoms with Gasteiger partial charge in [0.1, 0.15) is 11.5 Å². The first-order valence-electron chi connectivity index (χ1n) is 8.69. The van der Waals surface area contributed by atoms with Gasteiger partial charge in [0.05, 0.1) is 23.5 Å². The zero-order chi connectivity index (χ0) is 18.8. The number of nitrogens with zero attached hydrogens (tertiary/aromatic N) is 4. The molecule has 4 rings (SSSR count). The molecule has 27 heavy (non-hydrogen) atoms. The second-order valence-corrected chi connectivity index (χ2v) is 7.43. The van der Waals surface area contributed by atoms with E-state index in [1.165, 1.54) is 6.33 Å². The van der Waals surface area contributed by atoms with Crippen molar-refractivity contribution in [1.29, 1.82) is 5.26 Å². The van der Waals surface area contributed by atoms with Crippen LogP contribution in [0.4, 0.5) is 5.82 Å². The molecule has 1 fully saturated rings. The van der Waals surface area contributed by atoms with Crippen molar-refractivity contribution in [3.63, 3.8) is 0 Å². The second-order valence-electron chi connectivity index (χ2n) is 6.51. The summed E-state index contributed by atoms with van der Waals surface area (Å²) in [7, 11) is 0. The number of imidazole rings is 1. The van der Waals surface area contributed by atoms with Gasteiger partial charge in [0.25, 0.3) is 5.91 Å². The SMILES string of the molecule is N#Cc1cc(N2CCC[C@H](NC(=O)c3c[nH]cn3)C2)nc2ccc(Br)cc12. The van der Waals surface area contributed by atoms with E-state index in [0.717, 1.165) is 40.6 Å². The highest BCUT2D eigenvalue weighted by atomic mass is 79.9. The molecule has 2 N–H and O–H groups in total. The van der Waals surface area contributed by atoms with Crippen molar-refractivity contribution in [1.82, 2.24) is 20.3 Å². The molecular formula is C19H17BrN6O. The number of anilines is 1. The Balaban J connectivity index is 1.57. The fraction of sp³-hybridized carbons (Fsp3) is 0.263. The van der Waals surface area contributed by atoms with E-state index in [4.69, 9.17) is 4.98 Å². The number of carbonyl (C=O) groups is 1. The van der Waals surface area contributed by atoms with Crippen molar-refractivity contribution in [2.24, 2.45) is 0 Å². The van der Waals surface area contributed by atoms with Crippen molar-refractivity contribution < 1.29 is 4.79 Å². The van der Waals surface area contributed by atoms with Gasteiger partial charge in [-0.15, -0.1) is 0 Å². The van der Waals surface area contributed by atoms with Crippen LogP contribution in [0.25, 0.3) is 10.9 Å². The van der Waals surface area contributed by atoms with Gasteiger partial charge in [-0.2, -0.15) is 5.26 Å². The van der Waals surface area contributed by atoms with Gasteiger partial charge in [0, 0.05) is 35.2 Å². The normalized spacial score (nSPS) is 16.9. The maximum atomic E-state index is 12.2. The lowest BCUT2D eigenvalue weighted by atomic mass is 10.0. The number of pyridine rings is 1. The zero-order valence-corrected chi connectivity index (χ0v) is 16.0. The quantitative estimate of drug-likeness (QED) is 0.673. The minimum absolute atomic E-state index is 0.0101. The molecule has 1 atom stereocenters. The molecule has 0 spiro atoms. The molecule has 1 aromatic carbocycles. The van der Waals surface area contributed by atoms with Gasteiger partial charge in [-0.3, -0.25) is 4.79 Å². The molecule has 0 aliphatic carbocycles. The highest BCUT2D eigenvalue weighted by Crippen LogP contribution is 2.27. The molecule has 7 nitrogen and oxygen atoms in total.